The summed E-state index contributed by atoms with van der Waals surface area (Å²) < 4.78 is 0. The van der Waals surface area contributed by atoms with E-state index in [1.54, 1.807) is 13.0 Å². The number of hydrogen-bond acceptors (Lipinski definition) is 4. The van der Waals surface area contributed by atoms with E-state index in [2.05, 4.69) is 5.43 Å². The minimum absolute atomic E-state index is 0. The highest BCUT2D eigenvalue weighted by Crippen LogP contribution is 2.19. The van der Waals surface area contributed by atoms with Gasteiger partial charge in [0.2, 0.25) is 0 Å². The Morgan fingerprint density at radius 2 is 2.15 bits per heavy atom. The number of nitrogen functional groups attached to an aromatic ring is 1. The van der Waals surface area contributed by atoms with Crippen molar-refractivity contribution >= 4 is 11.4 Å². The summed E-state index contributed by atoms with van der Waals surface area (Å²) in [6.07, 6.45) is 0. The van der Waals surface area contributed by atoms with Gasteiger partial charge >= 0.3 is 0 Å². The van der Waals surface area contributed by atoms with Crippen molar-refractivity contribution in [1.82, 2.24) is 0 Å². The summed E-state index contributed by atoms with van der Waals surface area (Å²) in [6, 6.07) is 4.45. The summed E-state index contributed by atoms with van der Waals surface area (Å²) in [5.41, 5.74) is 3.97. The maximum absolute atomic E-state index is 10.3. The van der Waals surface area contributed by atoms with Gasteiger partial charge in [0.25, 0.3) is 5.69 Å². The first-order chi connectivity index (χ1) is 5.65. The molecule has 0 spiro atoms. The van der Waals surface area contributed by atoms with Crippen LogP contribution in [0.4, 0.5) is 16.1 Å². The number of halogens is 1. The van der Waals surface area contributed by atoms with Gasteiger partial charge in [-0.05, 0) is 18.6 Å². The van der Waals surface area contributed by atoms with Crippen LogP contribution in [0.3, 0.4) is 0 Å². The molecule has 1 aromatic carbocycles. The van der Waals surface area contributed by atoms with Gasteiger partial charge in [-0.1, -0.05) is 0 Å². The van der Waals surface area contributed by atoms with Crippen LogP contribution in [0, 0.1) is 17.0 Å². The summed E-state index contributed by atoms with van der Waals surface area (Å²) in [6.45, 7) is 1.75. The summed E-state index contributed by atoms with van der Waals surface area (Å²) in [5, 5.41) is 10.3. The molecule has 0 heterocycles. The van der Waals surface area contributed by atoms with E-state index in [4.69, 9.17) is 5.84 Å². The average molecular weight is 187 g/mol. The van der Waals surface area contributed by atoms with Crippen LogP contribution in [-0.4, -0.2) is 4.92 Å². The van der Waals surface area contributed by atoms with Crippen molar-refractivity contribution in [3.63, 3.8) is 0 Å². The van der Waals surface area contributed by atoms with Gasteiger partial charge in [0.15, 0.2) is 0 Å². The maximum Gasteiger partial charge on any atom is 0.269 e. The molecule has 0 aliphatic heterocycles. The molecule has 13 heavy (non-hydrogen) atoms. The van der Waals surface area contributed by atoms with Crippen molar-refractivity contribution in [2.24, 2.45) is 5.84 Å². The first-order valence-corrected chi connectivity index (χ1v) is 3.37. The number of nitro benzene ring substituents is 1. The van der Waals surface area contributed by atoms with Gasteiger partial charge < -0.3 is 5.43 Å². The molecular formula is C7H10FN3O2. The highest BCUT2D eigenvalue weighted by molar-refractivity contribution is 5.54. The molecule has 0 aliphatic carbocycles. The molecule has 1 aromatic rings. The number of nitrogens with one attached hydrogen (secondary N) is 1. The molecule has 0 amide bonds. The summed E-state index contributed by atoms with van der Waals surface area (Å²) in [5.74, 6) is 5.16. The number of rotatable bonds is 2. The number of nitro groups is 1. The number of non-ortho nitro benzene ring substituents is 1. The second-order valence-electron chi connectivity index (χ2n) is 2.40. The monoisotopic (exact) mass is 187 g/mol. The number of nitrogens with two attached hydrogens (primary N) is 1. The molecule has 6 heteroatoms. The molecule has 1 rings (SSSR count). The number of hydrazine groups is 1. The van der Waals surface area contributed by atoms with E-state index < -0.39 is 4.92 Å². The molecule has 0 aliphatic rings. The Labute approximate surface area is 74.0 Å². The molecule has 3 N–H and O–H groups in total. The molecule has 0 atom stereocenters. The van der Waals surface area contributed by atoms with Gasteiger partial charge in [-0.15, -0.1) is 0 Å². The Balaban J connectivity index is 0.00000144. The van der Waals surface area contributed by atoms with Crippen LogP contribution in [-0.2, 0) is 0 Å². The van der Waals surface area contributed by atoms with Crippen molar-refractivity contribution in [3.05, 3.63) is 33.9 Å². The molecule has 0 aromatic heterocycles. The SMILES string of the molecule is Cc1cc([N+](=O)[O-])ccc1NN.F. The lowest BCUT2D eigenvalue weighted by atomic mass is 10.2. The highest BCUT2D eigenvalue weighted by Gasteiger charge is 2.06. The number of nitrogens with zero attached hydrogens (tertiary/aromatic N) is 1. The molecule has 5 nitrogen and oxygen atoms in total. The van der Waals surface area contributed by atoms with Crippen molar-refractivity contribution in [2.45, 2.75) is 6.92 Å². The molecule has 0 saturated heterocycles. The third-order valence-corrected chi connectivity index (χ3v) is 1.58. The minimum atomic E-state index is -0.437. The van der Waals surface area contributed by atoms with Gasteiger partial charge in [0.05, 0.1) is 10.6 Å². The second kappa shape index (κ2) is 4.36. The molecular weight excluding hydrogens is 177 g/mol. The Morgan fingerprint density at radius 3 is 2.54 bits per heavy atom. The average Bonchev–Trinajstić information content (AvgIpc) is 2.04. The van der Waals surface area contributed by atoms with E-state index in [-0.39, 0.29) is 10.4 Å². The third-order valence-electron chi connectivity index (χ3n) is 1.58. The molecule has 0 unspecified atom stereocenters. The standard InChI is InChI=1S/C7H9N3O2.FH/c1-5-4-6(10(11)12)2-3-7(5)9-8;/h2-4,9H,8H2,1H3;1H. The first-order valence-electron chi connectivity index (χ1n) is 3.37. The molecule has 0 saturated carbocycles. The van der Waals surface area contributed by atoms with Crippen molar-refractivity contribution in [1.29, 1.82) is 0 Å². The lowest BCUT2D eigenvalue weighted by Crippen LogP contribution is -2.08. The van der Waals surface area contributed by atoms with E-state index in [0.717, 1.165) is 5.56 Å². The Morgan fingerprint density at radius 1 is 1.54 bits per heavy atom. The van der Waals surface area contributed by atoms with Crippen LogP contribution >= 0.6 is 0 Å². The summed E-state index contributed by atoms with van der Waals surface area (Å²) >= 11 is 0. The van der Waals surface area contributed by atoms with Crippen LogP contribution in [0.25, 0.3) is 0 Å². The lowest BCUT2D eigenvalue weighted by molar-refractivity contribution is -0.384. The quantitative estimate of drug-likeness (QED) is 0.416. The normalized spacial score (nSPS) is 8.77. The van der Waals surface area contributed by atoms with Gasteiger partial charge in [0.1, 0.15) is 0 Å². The topological polar surface area (TPSA) is 81.2 Å². The summed E-state index contributed by atoms with van der Waals surface area (Å²) in [4.78, 5) is 9.87. The molecule has 72 valence electrons. The fourth-order valence-corrected chi connectivity index (χ4v) is 0.923. The Bertz CT molecular complexity index is 317. The number of aryl methyl sites for hydroxylation is 1. The highest BCUT2D eigenvalue weighted by atomic mass is 19.0. The van der Waals surface area contributed by atoms with Crippen molar-refractivity contribution in [2.75, 3.05) is 5.43 Å². The molecule has 0 bridgehead atoms. The summed E-state index contributed by atoms with van der Waals surface area (Å²) in [7, 11) is 0. The van der Waals surface area contributed by atoms with Crippen LogP contribution in [0.2, 0.25) is 0 Å². The largest absolute Gasteiger partial charge is 0.324 e. The molecule has 0 radical (unpaired) electrons. The number of hydrogen-bond donors (Lipinski definition) is 2. The van der Waals surface area contributed by atoms with E-state index in [0.29, 0.717) is 5.69 Å². The maximum atomic E-state index is 10.3. The number of benzene rings is 1. The van der Waals surface area contributed by atoms with Gasteiger partial charge in [-0.25, -0.2) is 0 Å². The van der Waals surface area contributed by atoms with Crippen LogP contribution < -0.4 is 11.3 Å². The van der Waals surface area contributed by atoms with E-state index in [1.807, 2.05) is 0 Å². The fraction of sp³-hybridized carbons (Fsp3) is 0.143. The zero-order chi connectivity index (χ0) is 9.14. The fourth-order valence-electron chi connectivity index (χ4n) is 0.923. The Hall–Kier alpha value is -1.69. The second-order valence-corrected chi connectivity index (χ2v) is 2.40. The zero-order valence-corrected chi connectivity index (χ0v) is 6.98. The van der Waals surface area contributed by atoms with E-state index >= 15 is 0 Å². The van der Waals surface area contributed by atoms with Crippen LogP contribution in [0.5, 0.6) is 0 Å². The minimum Gasteiger partial charge on any atom is -0.324 e. The van der Waals surface area contributed by atoms with Crippen molar-refractivity contribution in [3.8, 4) is 0 Å². The smallest absolute Gasteiger partial charge is 0.269 e. The predicted octanol–water partition coefficient (Wildman–Crippen LogP) is 1.34. The number of anilines is 1. The zero-order valence-electron chi connectivity index (χ0n) is 6.98. The van der Waals surface area contributed by atoms with Crippen LogP contribution in [0.15, 0.2) is 18.2 Å². The molecule has 0 fully saturated rings. The lowest BCUT2D eigenvalue weighted by Gasteiger charge is -2.02. The van der Waals surface area contributed by atoms with Crippen LogP contribution in [0.1, 0.15) is 5.56 Å². The van der Waals surface area contributed by atoms with Gasteiger partial charge in [-0.3, -0.25) is 20.7 Å². The Kier molecular flexibility index (Phi) is 3.80. The van der Waals surface area contributed by atoms with E-state index in [1.165, 1.54) is 12.1 Å². The predicted molar refractivity (Wildman–Crippen MR) is 48.1 cm³/mol. The third kappa shape index (κ3) is 2.38. The van der Waals surface area contributed by atoms with Gasteiger partial charge in [-0.2, -0.15) is 0 Å². The van der Waals surface area contributed by atoms with Crippen molar-refractivity contribution < 1.29 is 9.63 Å². The van der Waals surface area contributed by atoms with Gasteiger partial charge in [0, 0.05) is 12.1 Å². The van der Waals surface area contributed by atoms with E-state index in [9.17, 15) is 10.1 Å². The first kappa shape index (κ1) is 11.3.